The molecule has 3 rings (SSSR count). The Morgan fingerprint density at radius 1 is 1.27 bits per heavy atom. The van der Waals surface area contributed by atoms with E-state index < -0.39 is 0 Å². The van der Waals surface area contributed by atoms with Crippen molar-refractivity contribution in [2.75, 3.05) is 0 Å². The van der Waals surface area contributed by atoms with Crippen molar-refractivity contribution in [1.82, 2.24) is 4.98 Å². The maximum absolute atomic E-state index is 12.9. The molecule has 0 aliphatic rings. The van der Waals surface area contributed by atoms with Gasteiger partial charge in [-0.25, -0.2) is 4.98 Å². The van der Waals surface area contributed by atoms with Crippen molar-refractivity contribution in [3.8, 4) is 16.3 Å². The zero-order valence-corrected chi connectivity index (χ0v) is 15.7. The molecule has 0 atom stereocenters. The van der Waals surface area contributed by atoms with E-state index in [0.717, 1.165) is 43.4 Å². The molecule has 0 unspecified atom stereocenters. The highest BCUT2D eigenvalue weighted by Gasteiger charge is 2.15. The average molecular weight is 371 g/mol. The van der Waals surface area contributed by atoms with Crippen LogP contribution in [0.4, 0.5) is 0 Å². The van der Waals surface area contributed by atoms with Crippen LogP contribution in [0, 0.1) is 6.92 Å². The molecule has 0 spiro atoms. The number of aryl methyl sites for hydroxylation is 2. The van der Waals surface area contributed by atoms with Gasteiger partial charge in [-0.2, -0.15) is 0 Å². The van der Waals surface area contributed by atoms with Gasteiger partial charge in [-0.3, -0.25) is 9.59 Å². The SMILES string of the molecule is CCCCCCc1cc2c(=O)c(-c3nc(C)cs3)coc2cc1OC=O. The van der Waals surface area contributed by atoms with Crippen LogP contribution in [0.1, 0.15) is 43.9 Å². The first-order valence-corrected chi connectivity index (χ1v) is 9.63. The Morgan fingerprint density at radius 3 is 2.81 bits per heavy atom. The lowest BCUT2D eigenvalue weighted by molar-refractivity contribution is -0.120. The Balaban J connectivity index is 2.04. The molecule has 0 N–H and O–H groups in total. The van der Waals surface area contributed by atoms with Crippen LogP contribution in [0.2, 0.25) is 0 Å². The van der Waals surface area contributed by atoms with Crippen LogP contribution >= 0.6 is 11.3 Å². The number of ether oxygens (including phenoxy) is 1. The summed E-state index contributed by atoms with van der Waals surface area (Å²) in [5.74, 6) is 0.449. The van der Waals surface area contributed by atoms with Crippen molar-refractivity contribution in [1.29, 1.82) is 0 Å². The van der Waals surface area contributed by atoms with E-state index in [-0.39, 0.29) is 5.43 Å². The summed E-state index contributed by atoms with van der Waals surface area (Å²) in [6, 6.07) is 3.41. The van der Waals surface area contributed by atoms with Gasteiger partial charge in [0.05, 0.1) is 10.9 Å². The highest BCUT2D eigenvalue weighted by atomic mass is 32.1. The van der Waals surface area contributed by atoms with E-state index in [1.165, 1.54) is 17.6 Å². The molecule has 26 heavy (non-hydrogen) atoms. The van der Waals surface area contributed by atoms with Gasteiger partial charge in [0, 0.05) is 17.1 Å². The third kappa shape index (κ3) is 3.85. The minimum Gasteiger partial charge on any atom is -0.463 e. The summed E-state index contributed by atoms with van der Waals surface area (Å²) in [4.78, 5) is 28.1. The molecular formula is C20H21NO4S. The van der Waals surface area contributed by atoms with Crippen molar-refractivity contribution in [3.63, 3.8) is 0 Å². The molecule has 2 heterocycles. The Hall–Kier alpha value is -2.47. The zero-order valence-electron chi connectivity index (χ0n) is 14.9. The van der Waals surface area contributed by atoms with Gasteiger partial charge in [0.2, 0.25) is 5.43 Å². The lowest BCUT2D eigenvalue weighted by Crippen LogP contribution is -2.06. The average Bonchev–Trinajstić information content (AvgIpc) is 3.06. The molecule has 0 radical (unpaired) electrons. The first kappa shape index (κ1) is 18.3. The molecule has 5 nitrogen and oxygen atoms in total. The summed E-state index contributed by atoms with van der Waals surface area (Å²) in [7, 11) is 0. The summed E-state index contributed by atoms with van der Waals surface area (Å²) in [6.07, 6.45) is 6.56. The van der Waals surface area contributed by atoms with Crippen LogP contribution in [-0.4, -0.2) is 11.5 Å². The molecule has 0 aliphatic heterocycles. The van der Waals surface area contributed by atoms with Crippen LogP contribution in [0.3, 0.4) is 0 Å². The molecule has 6 heteroatoms. The van der Waals surface area contributed by atoms with Gasteiger partial charge in [0.1, 0.15) is 22.6 Å². The van der Waals surface area contributed by atoms with Gasteiger partial charge in [-0.1, -0.05) is 26.2 Å². The Bertz CT molecular complexity index is 974. The molecule has 136 valence electrons. The second-order valence-electron chi connectivity index (χ2n) is 6.25. The number of benzene rings is 1. The van der Waals surface area contributed by atoms with Gasteiger partial charge in [-0.05, 0) is 31.4 Å². The molecule has 0 saturated carbocycles. The van der Waals surface area contributed by atoms with Crippen LogP contribution < -0.4 is 10.2 Å². The van der Waals surface area contributed by atoms with Gasteiger partial charge < -0.3 is 9.15 Å². The standard InChI is InChI=1S/C20H21NO4S/c1-3-4-5-6-7-14-8-15-18(9-17(14)25-12-22)24-10-16(19(15)23)20-21-13(2)11-26-20/h8-12H,3-7H2,1-2H3. The number of thiazole rings is 1. The van der Waals surface area contributed by atoms with Crippen molar-refractivity contribution >= 4 is 28.8 Å². The molecule has 0 saturated heterocycles. The zero-order chi connectivity index (χ0) is 18.5. The van der Waals surface area contributed by atoms with Crippen molar-refractivity contribution in [3.05, 3.63) is 45.3 Å². The Labute approximate surface area is 155 Å². The quantitative estimate of drug-likeness (QED) is 0.417. The molecule has 0 aliphatic carbocycles. The summed E-state index contributed by atoms with van der Waals surface area (Å²) >= 11 is 1.42. The fourth-order valence-corrected chi connectivity index (χ4v) is 3.73. The number of carbonyl (C=O) groups is 1. The van der Waals surface area contributed by atoms with E-state index in [0.29, 0.717) is 33.8 Å². The third-order valence-electron chi connectivity index (χ3n) is 4.28. The highest BCUT2D eigenvalue weighted by Crippen LogP contribution is 2.29. The molecule has 1 aromatic carbocycles. The van der Waals surface area contributed by atoms with E-state index in [2.05, 4.69) is 11.9 Å². The number of aromatic nitrogens is 1. The normalized spacial score (nSPS) is 11.0. The van der Waals surface area contributed by atoms with Crippen LogP contribution in [0.25, 0.3) is 21.5 Å². The number of nitrogens with zero attached hydrogens (tertiary/aromatic N) is 1. The predicted molar refractivity (Wildman–Crippen MR) is 103 cm³/mol. The maximum atomic E-state index is 12.9. The first-order valence-electron chi connectivity index (χ1n) is 8.75. The number of hydrogen-bond acceptors (Lipinski definition) is 6. The van der Waals surface area contributed by atoms with Crippen molar-refractivity contribution in [2.45, 2.75) is 46.0 Å². The van der Waals surface area contributed by atoms with Gasteiger partial charge in [0.15, 0.2) is 0 Å². The number of unbranched alkanes of at least 4 members (excludes halogenated alkanes) is 3. The Morgan fingerprint density at radius 2 is 2.12 bits per heavy atom. The summed E-state index contributed by atoms with van der Waals surface area (Å²) < 4.78 is 10.8. The molecule has 2 aromatic heterocycles. The topological polar surface area (TPSA) is 69.4 Å². The minimum absolute atomic E-state index is 0.118. The first-order chi connectivity index (χ1) is 12.6. The van der Waals surface area contributed by atoms with E-state index >= 15 is 0 Å². The summed E-state index contributed by atoms with van der Waals surface area (Å²) in [5.41, 5.74) is 2.46. The van der Waals surface area contributed by atoms with Crippen LogP contribution in [-0.2, 0) is 11.2 Å². The predicted octanol–water partition coefficient (Wildman–Crippen LogP) is 4.88. The minimum atomic E-state index is -0.118. The van der Waals surface area contributed by atoms with E-state index in [4.69, 9.17) is 9.15 Å². The van der Waals surface area contributed by atoms with Crippen LogP contribution in [0.5, 0.6) is 5.75 Å². The highest BCUT2D eigenvalue weighted by molar-refractivity contribution is 7.13. The lowest BCUT2D eigenvalue weighted by Gasteiger charge is -2.09. The van der Waals surface area contributed by atoms with Gasteiger partial charge >= 0.3 is 0 Å². The second kappa shape index (κ2) is 8.27. The monoisotopic (exact) mass is 371 g/mol. The number of fused-ring (bicyclic) bond motifs is 1. The smallest absolute Gasteiger partial charge is 0.298 e. The largest absolute Gasteiger partial charge is 0.463 e. The lowest BCUT2D eigenvalue weighted by atomic mass is 10.0. The molecular weight excluding hydrogens is 350 g/mol. The maximum Gasteiger partial charge on any atom is 0.298 e. The van der Waals surface area contributed by atoms with Gasteiger partial charge in [0.25, 0.3) is 6.47 Å². The Kier molecular flexibility index (Phi) is 5.83. The third-order valence-corrected chi connectivity index (χ3v) is 5.27. The second-order valence-corrected chi connectivity index (χ2v) is 7.11. The number of carbonyl (C=O) groups excluding carboxylic acids is 1. The number of rotatable bonds is 8. The fourth-order valence-electron chi connectivity index (χ4n) is 2.93. The van der Waals surface area contributed by atoms with E-state index in [1.807, 2.05) is 12.3 Å². The van der Waals surface area contributed by atoms with Crippen molar-refractivity contribution < 1.29 is 13.9 Å². The van der Waals surface area contributed by atoms with Gasteiger partial charge in [-0.15, -0.1) is 11.3 Å². The molecule has 3 aromatic rings. The van der Waals surface area contributed by atoms with E-state index in [9.17, 15) is 9.59 Å². The summed E-state index contributed by atoms with van der Waals surface area (Å²) in [5, 5.41) is 3.04. The van der Waals surface area contributed by atoms with Crippen molar-refractivity contribution in [2.24, 2.45) is 0 Å². The summed E-state index contributed by atoms with van der Waals surface area (Å²) in [6.45, 7) is 4.45. The molecule has 0 amide bonds. The van der Waals surface area contributed by atoms with Crippen LogP contribution in [0.15, 0.2) is 33.0 Å². The number of hydrogen-bond donors (Lipinski definition) is 0. The van der Waals surface area contributed by atoms with E-state index in [1.54, 1.807) is 12.1 Å². The molecule has 0 fully saturated rings. The fraction of sp³-hybridized carbons (Fsp3) is 0.350. The molecule has 0 bridgehead atoms.